The van der Waals surface area contributed by atoms with E-state index in [1.54, 1.807) is 45.0 Å². The minimum atomic E-state index is -1.46. The number of benzene rings is 4. The van der Waals surface area contributed by atoms with E-state index in [4.69, 9.17) is 14.2 Å². The second-order valence-corrected chi connectivity index (χ2v) is 14.6. The Bertz CT molecular complexity index is 1960. The lowest BCUT2D eigenvalue weighted by molar-refractivity contribution is -0.155. The largest absolute Gasteiger partial charge is 0.464 e. The topological polar surface area (TPSA) is 164 Å². The van der Waals surface area contributed by atoms with Crippen LogP contribution in [0.5, 0.6) is 0 Å². The number of ether oxygens (including phenoxy) is 3. The Kier molecular flexibility index (Phi) is 16.4. The molecule has 0 saturated heterocycles. The summed E-state index contributed by atoms with van der Waals surface area (Å²) in [4.78, 5) is 63.5. The van der Waals surface area contributed by atoms with Crippen molar-refractivity contribution >= 4 is 30.0 Å². The predicted molar refractivity (Wildman–Crippen MR) is 216 cm³/mol. The molecule has 4 aromatic rings. The number of aliphatic hydroxyl groups excluding tert-OH is 1. The molecule has 57 heavy (non-hydrogen) atoms. The molecule has 4 aromatic carbocycles. The predicted octanol–water partition coefficient (Wildman–Crippen LogP) is 7.29. The van der Waals surface area contributed by atoms with E-state index < -0.39 is 41.0 Å². The molecule has 13 nitrogen and oxygen atoms in total. The average Bonchev–Trinajstić information content (AvgIpc) is 3.17. The highest BCUT2D eigenvalue weighted by Crippen LogP contribution is 2.21. The van der Waals surface area contributed by atoms with Crippen LogP contribution in [0.15, 0.2) is 97.1 Å². The Hall–Kier alpha value is -6.21. The van der Waals surface area contributed by atoms with Crippen LogP contribution < -0.4 is 10.9 Å². The van der Waals surface area contributed by atoms with Gasteiger partial charge >= 0.3 is 18.2 Å². The molecule has 0 heterocycles. The molecule has 0 aliphatic heterocycles. The lowest BCUT2D eigenvalue weighted by atomic mass is 10.0. The van der Waals surface area contributed by atoms with Crippen molar-refractivity contribution in [2.75, 3.05) is 13.2 Å². The van der Waals surface area contributed by atoms with Gasteiger partial charge in [-0.05, 0) is 97.7 Å². The first-order chi connectivity index (χ1) is 26.9. The maximum absolute atomic E-state index is 13.3. The van der Waals surface area contributed by atoms with Gasteiger partial charge in [0.2, 0.25) is 0 Å². The summed E-state index contributed by atoms with van der Waals surface area (Å²) in [6, 6.07) is 29.2. The van der Waals surface area contributed by atoms with Crippen molar-refractivity contribution in [2.24, 2.45) is 0 Å². The van der Waals surface area contributed by atoms with Crippen LogP contribution in [-0.2, 0) is 32.2 Å². The van der Waals surface area contributed by atoms with Gasteiger partial charge < -0.3 is 19.3 Å². The van der Waals surface area contributed by atoms with Gasteiger partial charge in [-0.25, -0.2) is 35.3 Å². The molecule has 4 amide bonds. The van der Waals surface area contributed by atoms with Crippen molar-refractivity contribution in [1.82, 2.24) is 20.9 Å². The van der Waals surface area contributed by atoms with Crippen LogP contribution in [0.25, 0.3) is 0 Å². The number of hydrogen-bond acceptors (Lipinski definition) is 9. The summed E-state index contributed by atoms with van der Waals surface area (Å²) < 4.78 is 15.5. The summed E-state index contributed by atoms with van der Waals surface area (Å²) in [6.07, 6.45) is -1.62. The van der Waals surface area contributed by atoms with Gasteiger partial charge in [0, 0.05) is 11.1 Å². The quantitative estimate of drug-likeness (QED) is 0.0806. The smallest absolute Gasteiger partial charge is 0.426 e. The van der Waals surface area contributed by atoms with Gasteiger partial charge in [0.15, 0.2) is 5.54 Å². The highest BCUT2D eigenvalue weighted by Gasteiger charge is 2.41. The summed E-state index contributed by atoms with van der Waals surface area (Å²) in [5.74, 6) is -1.61. The molecule has 0 fully saturated rings. The van der Waals surface area contributed by atoms with E-state index in [2.05, 4.69) is 10.9 Å². The Morgan fingerprint density at radius 2 is 0.947 bits per heavy atom. The molecule has 304 valence electrons. The van der Waals surface area contributed by atoms with Crippen molar-refractivity contribution in [3.8, 4) is 0 Å². The number of esters is 1. The number of hydrogen-bond donors (Lipinski definition) is 3. The number of aliphatic hydroxyl groups is 1. The van der Waals surface area contributed by atoms with Crippen LogP contribution in [0.4, 0.5) is 9.59 Å². The van der Waals surface area contributed by atoms with Crippen molar-refractivity contribution in [2.45, 2.75) is 86.6 Å². The van der Waals surface area contributed by atoms with E-state index in [-0.39, 0.29) is 26.4 Å². The summed E-state index contributed by atoms with van der Waals surface area (Å²) in [7, 11) is 0. The second kappa shape index (κ2) is 20.6. The summed E-state index contributed by atoms with van der Waals surface area (Å²) in [5.41, 5.74) is 8.48. The number of rotatable bonds is 11. The van der Waals surface area contributed by atoms with Gasteiger partial charge in [-0.15, -0.1) is 0 Å². The van der Waals surface area contributed by atoms with Gasteiger partial charge in [0.1, 0.15) is 13.2 Å². The molecule has 0 aliphatic carbocycles. The lowest BCUT2D eigenvalue weighted by Crippen LogP contribution is -2.61. The molecule has 0 atom stereocenters. The number of hydrazine groups is 2. The minimum Gasteiger partial charge on any atom is -0.464 e. The normalized spacial score (nSPS) is 10.9. The number of amides is 4. The molecule has 0 saturated carbocycles. The molecule has 0 spiro atoms. The van der Waals surface area contributed by atoms with Gasteiger partial charge in [0.05, 0.1) is 18.8 Å². The number of carbonyl (C=O) groups excluding carboxylic acids is 5. The molecule has 0 bridgehead atoms. The average molecular weight is 783 g/mol. The molecular weight excluding hydrogens is 729 g/mol. The summed E-state index contributed by atoms with van der Waals surface area (Å²) in [6.45, 7) is 15.4. The molecule has 0 unspecified atom stereocenters. The van der Waals surface area contributed by atoms with Crippen LogP contribution in [0, 0.1) is 27.7 Å². The van der Waals surface area contributed by atoms with E-state index in [0.717, 1.165) is 43.4 Å². The fraction of sp³-hybridized carbons (Fsp3) is 0.341. The van der Waals surface area contributed by atoms with E-state index in [1.165, 1.54) is 13.8 Å². The van der Waals surface area contributed by atoms with Gasteiger partial charge in [-0.2, -0.15) is 0 Å². The third-order valence-electron chi connectivity index (χ3n) is 8.50. The zero-order valence-electron chi connectivity index (χ0n) is 34.2. The SMILES string of the molecule is CCOC(=O)C(C)(C)N(NC(=O)OCc1ccccc1)C(=O)c1cc(C)cc(C)c1.Cc1cc(C)cc(C(=O)N(NC(=O)OCc2ccccc2)C(C)(C)CO)c1. The fourth-order valence-corrected chi connectivity index (χ4v) is 5.54. The monoisotopic (exact) mass is 782 g/mol. The highest BCUT2D eigenvalue weighted by molar-refractivity contribution is 5.99. The van der Waals surface area contributed by atoms with E-state index in [1.807, 2.05) is 100 Å². The molecule has 4 rings (SSSR count). The van der Waals surface area contributed by atoms with E-state index in [0.29, 0.717) is 11.1 Å². The zero-order valence-corrected chi connectivity index (χ0v) is 34.2. The van der Waals surface area contributed by atoms with Crippen LogP contribution in [0.2, 0.25) is 0 Å². The van der Waals surface area contributed by atoms with Gasteiger partial charge in [-0.1, -0.05) is 95.1 Å². The van der Waals surface area contributed by atoms with Crippen LogP contribution >= 0.6 is 0 Å². The van der Waals surface area contributed by atoms with Gasteiger partial charge in [-0.3, -0.25) is 9.59 Å². The Labute approximate surface area is 334 Å². The third kappa shape index (κ3) is 13.5. The van der Waals surface area contributed by atoms with E-state index >= 15 is 0 Å². The summed E-state index contributed by atoms with van der Waals surface area (Å²) >= 11 is 0. The van der Waals surface area contributed by atoms with Crippen molar-refractivity contribution < 1.29 is 43.3 Å². The first-order valence-electron chi connectivity index (χ1n) is 18.5. The first-order valence-corrected chi connectivity index (χ1v) is 18.5. The summed E-state index contributed by atoms with van der Waals surface area (Å²) in [5, 5.41) is 11.8. The van der Waals surface area contributed by atoms with Crippen molar-refractivity contribution in [1.29, 1.82) is 0 Å². The second-order valence-electron chi connectivity index (χ2n) is 14.6. The standard InChI is InChI=1S/C23H28N2O5.C21H26N2O4/c1-6-29-21(27)23(4,5)25(20(26)19-13-16(2)12-17(3)14-19)24-22(28)30-15-18-10-8-7-9-11-18;1-15-10-16(2)12-18(11-15)19(25)23(21(3,4)14-24)22-20(26)27-13-17-8-6-5-7-9-17/h7-14H,6,15H2,1-5H3,(H,24,28);5-12,24H,13-14H2,1-4H3,(H,22,26). The Balaban J connectivity index is 0.000000307. The number of carbonyl (C=O) groups is 5. The Morgan fingerprint density at radius 1 is 0.579 bits per heavy atom. The maximum atomic E-state index is 13.3. The molecule has 13 heteroatoms. The zero-order chi connectivity index (χ0) is 42.3. The molecule has 3 N–H and O–H groups in total. The Morgan fingerprint density at radius 3 is 1.32 bits per heavy atom. The van der Waals surface area contributed by atoms with Crippen LogP contribution in [0.1, 0.15) is 88.7 Å². The van der Waals surface area contributed by atoms with E-state index in [9.17, 15) is 29.1 Å². The van der Waals surface area contributed by atoms with Gasteiger partial charge in [0.25, 0.3) is 11.8 Å². The molecule has 0 radical (unpaired) electrons. The van der Waals surface area contributed by atoms with Crippen molar-refractivity contribution in [3.63, 3.8) is 0 Å². The molecule has 0 aliphatic rings. The molecule has 0 aromatic heterocycles. The van der Waals surface area contributed by atoms with Crippen LogP contribution in [-0.4, -0.2) is 69.4 Å². The van der Waals surface area contributed by atoms with Crippen LogP contribution in [0.3, 0.4) is 0 Å². The highest BCUT2D eigenvalue weighted by atomic mass is 16.6. The number of aryl methyl sites for hydroxylation is 4. The fourth-order valence-electron chi connectivity index (χ4n) is 5.54. The first kappa shape index (κ1) is 45.2. The third-order valence-corrected chi connectivity index (χ3v) is 8.50. The number of nitrogens with zero attached hydrogens (tertiary/aromatic N) is 2. The lowest BCUT2D eigenvalue weighted by Gasteiger charge is -2.36. The minimum absolute atomic E-state index is 0.0259. The van der Waals surface area contributed by atoms with Crippen molar-refractivity contribution in [3.05, 3.63) is 142 Å². The molecular formula is C44H54N4O9. The maximum Gasteiger partial charge on any atom is 0.426 e. The number of nitrogens with one attached hydrogen (secondary N) is 2.